The predicted molar refractivity (Wildman–Crippen MR) is 99.7 cm³/mol. The average molecular weight is 350 g/mol. The molecule has 0 fully saturated rings. The number of rotatable bonds is 5. The Kier molecular flexibility index (Phi) is 4.45. The van der Waals surface area contributed by atoms with E-state index in [2.05, 4.69) is 4.98 Å². The Labute approximate surface area is 149 Å². The zero-order chi connectivity index (χ0) is 18.8. The molecule has 0 unspecified atom stereocenters. The summed E-state index contributed by atoms with van der Waals surface area (Å²) >= 11 is 0. The molecule has 0 atom stereocenters. The maximum absolute atomic E-state index is 12.2. The van der Waals surface area contributed by atoms with Gasteiger partial charge in [0.2, 0.25) is 5.91 Å². The van der Waals surface area contributed by atoms with E-state index in [1.165, 1.54) is 0 Å². The smallest absolute Gasteiger partial charge is 0.252 e. The molecule has 0 radical (unpaired) electrons. The predicted octanol–water partition coefficient (Wildman–Crippen LogP) is 1.94. The number of hydrogen-bond acceptors (Lipinski definition) is 4. The Hall–Kier alpha value is -3.61. The van der Waals surface area contributed by atoms with Crippen LogP contribution in [0.25, 0.3) is 10.9 Å². The number of fused-ring (bicyclic) bond motifs is 1. The van der Waals surface area contributed by atoms with E-state index < -0.39 is 5.91 Å². The summed E-state index contributed by atoms with van der Waals surface area (Å²) in [6.07, 6.45) is -0.104. The van der Waals surface area contributed by atoms with E-state index in [9.17, 15) is 9.59 Å². The maximum Gasteiger partial charge on any atom is 0.252 e. The van der Waals surface area contributed by atoms with Crippen molar-refractivity contribution in [2.75, 3.05) is 0 Å². The van der Waals surface area contributed by atoms with E-state index in [0.29, 0.717) is 33.7 Å². The fourth-order valence-electron chi connectivity index (χ4n) is 2.80. The van der Waals surface area contributed by atoms with Crippen LogP contribution in [0.2, 0.25) is 0 Å². The summed E-state index contributed by atoms with van der Waals surface area (Å²) < 4.78 is 5.80. The molecule has 3 rings (SSSR count). The molecule has 1 aromatic heterocycles. The molecule has 0 spiro atoms. The molecule has 132 valence electrons. The molecular weight excluding hydrogens is 332 g/mol. The Balaban J connectivity index is 2.00. The van der Waals surface area contributed by atoms with Crippen molar-refractivity contribution in [3.63, 3.8) is 0 Å². The van der Waals surface area contributed by atoms with Gasteiger partial charge in [0.25, 0.3) is 5.56 Å². The van der Waals surface area contributed by atoms with Gasteiger partial charge in [-0.15, -0.1) is 0 Å². The van der Waals surface area contributed by atoms with Gasteiger partial charge >= 0.3 is 0 Å². The van der Waals surface area contributed by atoms with Crippen molar-refractivity contribution in [3.05, 3.63) is 69.5 Å². The number of nitrogens with two attached hydrogens (primary N) is 2. The Morgan fingerprint density at radius 3 is 2.58 bits per heavy atom. The van der Waals surface area contributed by atoms with Crippen molar-refractivity contribution in [1.29, 1.82) is 5.41 Å². The molecule has 0 bridgehead atoms. The summed E-state index contributed by atoms with van der Waals surface area (Å²) in [5.74, 6) is 0.455. The standard InChI is InChI=1S/C19H18N4O3/c1-10-14-6-5-13(26-12-4-2-3-11(7-12)18(21)22)8-16(14)23-19(25)15(10)9-17(20)24/h2-8H,9H2,1H3,(H2,20,24)(H3,21,22)(H,23,25). The second kappa shape index (κ2) is 6.72. The highest BCUT2D eigenvalue weighted by Crippen LogP contribution is 2.27. The number of carbonyl (C=O) groups is 1. The number of H-pyrrole nitrogens is 1. The normalized spacial score (nSPS) is 10.7. The largest absolute Gasteiger partial charge is 0.457 e. The summed E-state index contributed by atoms with van der Waals surface area (Å²) in [6.45, 7) is 1.78. The highest BCUT2D eigenvalue weighted by molar-refractivity contribution is 5.95. The number of ether oxygens (including phenoxy) is 1. The van der Waals surface area contributed by atoms with Gasteiger partial charge in [-0.1, -0.05) is 12.1 Å². The summed E-state index contributed by atoms with van der Waals surface area (Å²) in [5.41, 5.74) is 12.6. The molecule has 3 aromatic rings. The van der Waals surface area contributed by atoms with Gasteiger partial charge in [-0.3, -0.25) is 15.0 Å². The number of amides is 1. The van der Waals surface area contributed by atoms with Crippen molar-refractivity contribution in [3.8, 4) is 11.5 Å². The molecule has 1 amide bonds. The molecule has 7 heteroatoms. The van der Waals surface area contributed by atoms with Crippen molar-refractivity contribution >= 4 is 22.6 Å². The van der Waals surface area contributed by atoms with Gasteiger partial charge in [-0.2, -0.15) is 0 Å². The van der Waals surface area contributed by atoms with Gasteiger partial charge in [0.05, 0.1) is 11.9 Å². The SMILES string of the molecule is Cc1c(CC(N)=O)c(=O)[nH]c2cc(Oc3cccc(C(=N)N)c3)ccc12. The molecule has 0 saturated carbocycles. The topological polar surface area (TPSA) is 135 Å². The molecule has 26 heavy (non-hydrogen) atoms. The number of primary amides is 1. The van der Waals surface area contributed by atoms with Crippen molar-refractivity contribution < 1.29 is 9.53 Å². The number of amidine groups is 1. The van der Waals surface area contributed by atoms with Gasteiger partial charge in [0, 0.05) is 22.6 Å². The zero-order valence-corrected chi connectivity index (χ0v) is 14.1. The third-order valence-electron chi connectivity index (χ3n) is 4.10. The molecule has 0 aliphatic carbocycles. The molecule has 0 aliphatic rings. The van der Waals surface area contributed by atoms with Crippen molar-refractivity contribution in [2.24, 2.45) is 11.5 Å². The molecule has 2 aromatic carbocycles. The van der Waals surface area contributed by atoms with Gasteiger partial charge < -0.3 is 21.2 Å². The molecule has 1 heterocycles. The quantitative estimate of drug-likeness (QED) is 0.413. The van der Waals surface area contributed by atoms with Crippen LogP contribution in [0.4, 0.5) is 0 Å². The minimum Gasteiger partial charge on any atom is -0.457 e. The molecule has 6 N–H and O–H groups in total. The number of aromatic nitrogens is 1. The van der Waals surface area contributed by atoms with Crippen LogP contribution in [0.1, 0.15) is 16.7 Å². The highest BCUT2D eigenvalue weighted by Gasteiger charge is 2.12. The zero-order valence-electron chi connectivity index (χ0n) is 14.1. The first-order valence-electron chi connectivity index (χ1n) is 7.91. The monoisotopic (exact) mass is 350 g/mol. The average Bonchev–Trinajstić information content (AvgIpc) is 2.58. The highest BCUT2D eigenvalue weighted by atomic mass is 16.5. The molecular formula is C19H18N4O3. The third-order valence-corrected chi connectivity index (χ3v) is 4.10. The van der Waals surface area contributed by atoms with Crippen LogP contribution in [0.5, 0.6) is 11.5 Å². The van der Waals surface area contributed by atoms with Gasteiger partial charge in [-0.05, 0) is 36.8 Å². The van der Waals surface area contributed by atoms with E-state index in [-0.39, 0.29) is 17.8 Å². The fourth-order valence-corrected chi connectivity index (χ4v) is 2.80. The van der Waals surface area contributed by atoms with E-state index in [4.69, 9.17) is 21.6 Å². The lowest BCUT2D eigenvalue weighted by atomic mass is 10.0. The van der Waals surface area contributed by atoms with Crippen LogP contribution in [0.3, 0.4) is 0 Å². The van der Waals surface area contributed by atoms with E-state index >= 15 is 0 Å². The molecule has 0 aliphatic heterocycles. The number of carbonyl (C=O) groups excluding carboxylic acids is 1. The number of hydrogen-bond donors (Lipinski definition) is 4. The second-order valence-electron chi connectivity index (χ2n) is 5.95. The van der Waals surface area contributed by atoms with Crippen LogP contribution in [-0.4, -0.2) is 16.7 Å². The number of pyridine rings is 1. The first-order valence-corrected chi connectivity index (χ1v) is 7.91. The lowest BCUT2D eigenvalue weighted by Crippen LogP contribution is -2.22. The van der Waals surface area contributed by atoms with E-state index in [1.807, 2.05) is 6.07 Å². The van der Waals surface area contributed by atoms with Crippen LogP contribution in [-0.2, 0) is 11.2 Å². The number of benzene rings is 2. The lowest BCUT2D eigenvalue weighted by Gasteiger charge is -2.11. The van der Waals surface area contributed by atoms with Crippen LogP contribution in [0.15, 0.2) is 47.3 Å². The number of aryl methyl sites for hydroxylation is 1. The first-order chi connectivity index (χ1) is 12.3. The van der Waals surface area contributed by atoms with E-state index in [1.54, 1.807) is 43.3 Å². The van der Waals surface area contributed by atoms with Gasteiger partial charge in [-0.25, -0.2) is 0 Å². The molecule has 0 saturated heterocycles. The number of nitrogen functional groups attached to an aromatic ring is 1. The van der Waals surface area contributed by atoms with Crippen molar-refractivity contribution in [1.82, 2.24) is 4.98 Å². The molecule has 7 nitrogen and oxygen atoms in total. The number of nitrogens with one attached hydrogen (secondary N) is 2. The van der Waals surface area contributed by atoms with E-state index in [0.717, 1.165) is 5.39 Å². The minimum atomic E-state index is -0.553. The Morgan fingerprint density at radius 1 is 1.15 bits per heavy atom. The Morgan fingerprint density at radius 2 is 1.88 bits per heavy atom. The first kappa shape index (κ1) is 17.2. The lowest BCUT2D eigenvalue weighted by molar-refractivity contribution is -0.117. The van der Waals surface area contributed by atoms with Gasteiger partial charge in [0.1, 0.15) is 17.3 Å². The summed E-state index contributed by atoms with van der Waals surface area (Å²) in [6, 6.07) is 12.2. The summed E-state index contributed by atoms with van der Waals surface area (Å²) in [5, 5.41) is 8.30. The Bertz CT molecular complexity index is 1090. The minimum absolute atomic E-state index is 0.0455. The maximum atomic E-state index is 12.2. The summed E-state index contributed by atoms with van der Waals surface area (Å²) in [4.78, 5) is 26.2. The van der Waals surface area contributed by atoms with Crippen LogP contribution in [0, 0.1) is 12.3 Å². The van der Waals surface area contributed by atoms with Gasteiger partial charge in [0.15, 0.2) is 0 Å². The fraction of sp³-hybridized carbons (Fsp3) is 0.105. The van der Waals surface area contributed by atoms with Crippen molar-refractivity contribution in [2.45, 2.75) is 13.3 Å². The van der Waals surface area contributed by atoms with Crippen LogP contribution >= 0.6 is 0 Å². The number of aromatic amines is 1. The van der Waals surface area contributed by atoms with Crippen LogP contribution < -0.4 is 21.8 Å². The third kappa shape index (κ3) is 3.41. The second-order valence-corrected chi connectivity index (χ2v) is 5.95. The summed E-state index contributed by atoms with van der Waals surface area (Å²) in [7, 11) is 0.